The summed E-state index contributed by atoms with van der Waals surface area (Å²) in [5, 5.41) is 2.89. The number of para-hydroxylation sites is 2. The van der Waals surface area contributed by atoms with Crippen LogP contribution in [-0.2, 0) is 4.79 Å². The maximum Gasteiger partial charge on any atom is 0.238 e. The second kappa shape index (κ2) is 8.00. The lowest BCUT2D eigenvalue weighted by molar-refractivity contribution is -0.118. The Morgan fingerprint density at radius 1 is 1.33 bits per heavy atom. The number of carbonyl (C=O) groups excluding carboxylic acids is 1. The van der Waals surface area contributed by atoms with Gasteiger partial charge in [0, 0.05) is 12.1 Å². The molecule has 0 saturated carbocycles. The minimum Gasteiger partial charge on any atom is -0.495 e. The summed E-state index contributed by atoms with van der Waals surface area (Å²) in [4.78, 5) is 14.3. The monoisotopic (exact) mass is 293 g/mol. The van der Waals surface area contributed by atoms with Gasteiger partial charge in [-0.15, -0.1) is 0 Å². The van der Waals surface area contributed by atoms with Crippen LogP contribution >= 0.6 is 0 Å². The standard InChI is InChI=1S/C16H27N3O2/c1-5-16(6-2,12-17)19(3)11-15(20)18-13-9-7-8-10-14(13)21-4/h7-10H,5-6,11-12,17H2,1-4H3,(H,18,20). The molecule has 0 aliphatic rings. The van der Waals surface area contributed by atoms with Crippen LogP contribution < -0.4 is 15.8 Å². The highest BCUT2D eigenvalue weighted by atomic mass is 16.5. The number of hydrogen-bond donors (Lipinski definition) is 2. The molecule has 0 spiro atoms. The van der Waals surface area contributed by atoms with E-state index in [1.165, 1.54) is 0 Å². The number of rotatable bonds is 8. The number of nitrogens with one attached hydrogen (secondary N) is 1. The lowest BCUT2D eigenvalue weighted by Gasteiger charge is -2.39. The van der Waals surface area contributed by atoms with Crippen LogP contribution in [0.15, 0.2) is 24.3 Å². The fourth-order valence-electron chi connectivity index (χ4n) is 2.56. The van der Waals surface area contributed by atoms with Crippen LogP contribution in [-0.4, -0.2) is 43.6 Å². The predicted molar refractivity (Wildman–Crippen MR) is 86.6 cm³/mol. The van der Waals surface area contributed by atoms with E-state index in [1.54, 1.807) is 7.11 Å². The number of amides is 1. The Balaban J connectivity index is 2.73. The van der Waals surface area contributed by atoms with E-state index < -0.39 is 0 Å². The summed E-state index contributed by atoms with van der Waals surface area (Å²) in [6.07, 6.45) is 1.83. The predicted octanol–water partition coefficient (Wildman–Crippen LogP) is 2.08. The van der Waals surface area contributed by atoms with Crippen molar-refractivity contribution in [2.45, 2.75) is 32.2 Å². The van der Waals surface area contributed by atoms with Crippen molar-refractivity contribution in [3.63, 3.8) is 0 Å². The molecule has 0 heterocycles. The van der Waals surface area contributed by atoms with E-state index in [-0.39, 0.29) is 11.4 Å². The zero-order valence-corrected chi connectivity index (χ0v) is 13.5. The molecule has 0 fully saturated rings. The van der Waals surface area contributed by atoms with Crippen LogP contribution in [0.3, 0.4) is 0 Å². The Labute approximate surface area is 127 Å². The second-order valence-corrected chi connectivity index (χ2v) is 5.24. The molecule has 1 aromatic carbocycles. The maximum absolute atomic E-state index is 12.2. The highest BCUT2D eigenvalue weighted by molar-refractivity contribution is 5.93. The van der Waals surface area contributed by atoms with Crippen molar-refractivity contribution in [3.05, 3.63) is 24.3 Å². The molecule has 0 saturated heterocycles. The van der Waals surface area contributed by atoms with Gasteiger partial charge in [0.2, 0.25) is 5.91 Å². The first-order chi connectivity index (χ1) is 10.0. The van der Waals surface area contributed by atoms with Gasteiger partial charge < -0.3 is 15.8 Å². The zero-order valence-electron chi connectivity index (χ0n) is 13.5. The Morgan fingerprint density at radius 3 is 2.48 bits per heavy atom. The van der Waals surface area contributed by atoms with Crippen molar-refractivity contribution < 1.29 is 9.53 Å². The summed E-state index contributed by atoms with van der Waals surface area (Å²) in [5.41, 5.74) is 6.47. The fraction of sp³-hybridized carbons (Fsp3) is 0.562. The van der Waals surface area contributed by atoms with Crippen molar-refractivity contribution in [1.29, 1.82) is 0 Å². The van der Waals surface area contributed by atoms with Crippen LogP contribution in [0.4, 0.5) is 5.69 Å². The second-order valence-electron chi connectivity index (χ2n) is 5.24. The van der Waals surface area contributed by atoms with Crippen LogP contribution in [0.1, 0.15) is 26.7 Å². The summed E-state index contributed by atoms with van der Waals surface area (Å²) < 4.78 is 5.23. The van der Waals surface area contributed by atoms with E-state index in [1.807, 2.05) is 36.2 Å². The maximum atomic E-state index is 12.2. The molecule has 3 N–H and O–H groups in total. The van der Waals surface area contributed by atoms with Crippen molar-refractivity contribution in [3.8, 4) is 5.75 Å². The van der Waals surface area contributed by atoms with Gasteiger partial charge in [-0.3, -0.25) is 9.69 Å². The average Bonchev–Trinajstić information content (AvgIpc) is 2.50. The van der Waals surface area contributed by atoms with E-state index in [2.05, 4.69) is 19.2 Å². The molecule has 1 amide bonds. The SMILES string of the molecule is CCC(CC)(CN)N(C)CC(=O)Nc1ccccc1OC. The van der Waals surface area contributed by atoms with Gasteiger partial charge in [-0.25, -0.2) is 0 Å². The Kier molecular flexibility index (Phi) is 6.65. The van der Waals surface area contributed by atoms with Crippen molar-refractivity contribution >= 4 is 11.6 Å². The summed E-state index contributed by atoms with van der Waals surface area (Å²) in [6.45, 7) is 5.05. The van der Waals surface area contributed by atoms with Crippen molar-refractivity contribution in [2.24, 2.45) is 5.73 Å². The highest BCUT2D eigenvalue weighted by Gasteiger charge is 2.30. The lowest BCUT2D eigenvalue weighted by Crippen LogP contribution is -2.53. The van der Waals surface area contributed by atoms with Crippen LogP contribution in [0, 0.1) is 0 Å². The number of carbonyl (C=O) groups is 1. The zero-order chi connectivity index (χ0) is 15.9. The lowest BCUT2D eigenvalue weighted by atomic mass is 9.91. The quantitative estimate of drug-likeness (QED) is 0.770. The number of nitrogens with zero attached hydrogens (tertiary/aromatic N) is 1. The molecular formula is C16H27N3O2. The molecule has 1 rings (SSSR count). The topological polar surface area (TPSA) is 67.6 Å². The van der Waals surface area contributed by atoms with Gasteiger partial charge in [-0.2, -0.15) is 0 Å². The molecule has 0 radical (unpaired) electrons. The molecule has 0 aliphatic heterocycles. The number of methoxy groups -OCH3 is 1. The first-order valence-electron chi connectivity index (χ1n) is 7.37. The molecule has 118 valence electrons. The van der Waals surface area contributed by atoms with E-state index in [9.17, 15) is 4.79 Å². The summed E-state index contributed by atoms with van der Waals surface area (Å²) in [6, 6.07) is 7.38. The van der Waals surface area contributed by atoms with Gasteiger partial charge in [0.15, 0.2) is 0 Å². The number of anilines is 1. The van der Waals surface area contributed by atoms with Crippen molar-refractivity contribution in [2.75, 3.05) is 32.6 Å². The third kappa shape index (κ3) is 4.19. The highest BCUT2D eigenvalue weighted by Crippen LogP contribution is 2.24. The van der Waals surface area contributed by atoms with Gasteiger partial charge in [0.1, 0.15) is 5.75 Å². The molecule has 0 aliphatic carbocycles. The normalized spacial score (nSPS) is 11.5. The largest absolute Gasteiger partial charge is 0.495 e. The van der Waals surface area contributed by atoms with E-state index in [0.29, 0.717) is 24.5 Å². The van der Waals surface area contributed by atoms with E-state index in [4.69, 9.17) is 10.5 Å². The third-order valence-corrected chi connectivity index (χ3v) is 4.27. The minimum atomic E-state index is -0.127. The summed E-state index contributed by atoms with van der Waals surface area (Å²) in [7, 11) is 3.53. The van der Waals surface area contributed by atoms with Crippen LogP contribution in [0.25, 0.3) is 0 Å². The number of likely N-dealkylation sites (N-methyl/N-ethyl adjacent to an activating group) is 1. The summed E-state index contributed by atoms with van der Waals surface area (Å²) in [5.74, 6) is 0.589. The van der Waals surface area contributed by atoms with Crippen LogP contribution in [0.2, 0.25) is 0 Å². The van der Waals surface area contributed by atoms with Gasteiger partial charge in [-0.1, -0.05) is 26.0 Å². The third-order valence-electron chi connectivity index (χ3n) is 4.27. The first-order valence-corrected chi connectivity index (χ1v) is 7.37. The molecule has 0 atom stereocenters. The molecule has 0 bridgehead atoms. The minimum absolute atomic E-state index is 0.0678. The van der Waals surface area contributed by atoms with Gasteiger partial charge in [0.25, 0.3) is 0 Å². The Hall–Kier alpha value is -1.59. The number of ether oxygens (including phenoxy) is 1. The number of benzene rings is 1. The van der Waals surface area contributed by atoms with Gasteiger partial charge in [0.05, 0.1) is 19.3 Å². The summed E-state index contributed by atoms with van der Waals surface area (Å²) >= 11 is 0. The van der Waals surface area contributed by atoms with E-state index >= 15 is 0 Å². The Bertz CT molecular complexity index is 450. The molecule has 1 aromatic rings. The van der Waals surface area contributed by atoms with Crippen LogP contribution in [0.5, 0.6) is 5.75 Å². The molecular weight excluding hydrogens is 266 g/mol. The fourth-order valence-corrected chi connectivity index (χ4v) is 2.56. The smallest absolute Gasteiger partial charge is 0.238 e. The molecule has 0 unspecified atom stereocenters. The molecule has 0 aromatic heterocycles. The Morgan fingerprint density at radius 2 is 1.95 bits per heavy atom. The van der Waals surface area contributed by atoms with Crippen molar-refractivity contribution in [1.82, 2.24) is 4.90 Å². The van der Waals surface area contributed by atoms with Gasteiger partial charge >= 0.3 is 0 Å². The molecule has 21 heavy (non-hydrogen) atoms. The molecule has 5 heteroatoms. The number of nitrogens with two attached hydrogens (primary N) is 1. The molecule has 5 nitrogen and oxygen atoms in total. The first kappa shape index (κ1) is 17.5. The number of hydrogen-bond acceptors (Lipinski definition) is 4. The average molecular weight is 293 g/mol. The van der Waals surface area contributed by atoms with E-state index in [0.717, 1.165) is 12.8 Å². The van der Waals surface area contributed by atoms with Gasteiger partial charge in [-0.05, 0) is 32.0 Å².